The molecule has 1 aliphatic heterocycles. The molecule has 5 heteroatoms. The van der Waals surface area contributed by atoms with E-state index in [1.807, 2.05) is 31.2 Å². The quantitative estimate of drug-likeness (QED) is 0.738. The number of benzene rings is 2. The molecule has 2 N–H and O–H groups in total. The van der Waals surface area contributed by atoms with Crippen molar-refractivity contribution in [1.29, 1.82) is 0 Å². The highest BCUT2D eigenvalue weighted by molar-refractivity contribution is 5.82. The molecular formula is C23H31N3O2. The Morgan fingerprint density at radius 3 is 2.64 bits per heavy atom. The van der Waals surface area contributed by atoms with Crippen molar-refractivity contribution < 1.29 is 9.53 Å². The molecule has 0 aliphatic carbocycles. The summed E-state index contributed by atoms with van der Waals surface area (Å²) in [7, 11) is 1.70. The molecule has 0 unspecified atom stereocenters. The van der Waals surface area contributed by atoms with Crippen molar-refractivity contribution in [3.63, 3.8) is 0 Å². The fourth-order valence-electron chi connectivity index (χ4n) is 3.92. The minimum absolute atomic E-state index is 0.0877. The van der Waals surface area contributed by atoms with Crippen LogP contribution in [0.5, 0.6) is 5.75 Å². The summed E-state index contributed by atoms with van der Waals surface area (Å²) in [6.45, 7) is 7.14. The minimum atomic E-state index is -0.0877. The molecule has 150 valence electrons. The van der Waals surface area contributed by atoms with Gasteiger partial charge in [0.15, 0.2) is 0 Å². The SMILES string of the molecule is CCNC(=O)[C@@H]1C[C@H](NCc2ccc(OC)c(C)c2)CN1Cc1ccccc1. The number of likely N-dealkylation sites (tertiary alicyclic amines) is 1. The average molecular weight is 382 g/mol. The molecule has 0 aromatic heterocycles. The first-order chi connectivity index (χ1) is 13.6. The van der Waals surface area contributed by atoms with Crippen LogP contribution < -0.4 is 15.4 Å². The molecular weight excluding hydrogens is 350 g/mol. The van der Waals surface area contributed by atoms with Crippen LogP contribution in [0.25, 0.3) is 0 Å². The van der Waals surface area contributed by atoms with Gasteiger partial charge in [-0.3, -0.25) is 9.69 Å². The lowest BCUT2D eigenvalue weighted by molar-refractivity contribution is -0.125. The predicted octanol–water partition coefficient (Wildman–Crippen LogP) is 2.87. The third-order valence-corrected chi connectivity index (χ3v) is 5.34. The van der Waals surface area contributed by atoms with Gasteiger partial charge in [0.1, 0.15) is 5.75 Å². The van der Waals surface area contributed by atoms with Crippen molar-refractivity contribution in [2.75, 3.05) is 20.2 Å². The Kier molecular flexibility index (Phi) is 7.06. The number of hydrogen-bond donors (Lipinski definition) is 2. The van der Waals surface area contributed by atoms with Gasteiger partial charge < -0.3 is 15.4 Å². The lowest BCUT2D eigenvalue weighted by Crippen LogP contribution is -2.42. The van der Waals surface area contributed by atoms with E-state index in [0.29, 0.717) is 12.6 Å². The van der Waals surface area contributed by atoms with Crippen LogP contribution in [0.2, 0.25) is 0 Å². The highest BCUT2D eigenvalue weighted by Gasteiger charge is 2.36. The van der Waals surface area contributed by atoms with E-state index in [1.54, 1.807) is 7.11 Å². The maximum atomic E-state index is 12.6. The van der Waals surface area contributed by atoms with E-state index in [1.165, 1.54) is 11.1 Å². The number of ether oxygens (including phenoxy) is 1. The van der Waals surface area contributed by atoms with E-state index < -0.39 is 0 Å². The smallest absolute Gasteiger partial charge is 0.237 e. The third kappa shape index (κ3) is 5.12. The molecule has 1 saturated heterocycles. The van der Waals surface area contributed by atoms with Gasteiger partial charge in [-0.25, -0.2) is 0 Å². The lowest BCUT2D eigenvalue weighted by Gasteiger charge is -2.23. The number of likely N-dealkylation sites (N-methyl/N-ethyl adjacent to an activating group) is 1. The van der Waals surface area contributed by atoms with Crippen LogP contribution in [0.3, 0.4) is 0 Å². The van der Waals surface area contributed by atoms with E-state index in [4.69, 9.17) is 4.74 Å². The van der Waals surface area contributed by atoms with E-state index >= 15 is 0 Å². The van der Waals surface area contributed by atoms with Crippen LogP contribution in [0.15, 0.2) is 48.5 Å². The van der Waals surface area contributed by atoms with Gasteiger partial charge in [-0.05, 0) is 43.0 Å². The number of carbonyl (C=O) groups excluding carboxylic acids is 1. The largest absolute Gasteiger partial charge is 0.496 e. The topological polar surface area (TPSA) is 53.6 Å². The molecule has 1 fully saturated rings. The highest BCUT2D eigenvalue weighted by atomic mass is 16.5. The number of hydrogen-bond acceptors (Lipinski definition) is 4. The Morgan fingerprint density at radius 2 is 1.96 bits per heavy atom. The first-order valence-electron chi connectivity index (χ1n) is 10.0. The summed E-state index contributed by atoms with van der Waals surface area (Å²) in [6.07, 6.45) is 0.827. The zero-order valence-electron chi connectivity index (χ0n) is 17.1. The summed E-state index contributed by atoms with van der Waals surface area (Å²) in [6, 6.07) is 16.8. The van der Waals surface area contributed by atoms with E-state index in [0.717, 1.165) is 37.4 Å². The van der Waals surface area contributed by atoms with Gasteiger partial charge in [0.05, 0.1) is 13.2 Å². The molecule has 0 bridgehead atoms. The molecule has 2 aromatic rings. The number of nitrogens with one attached hydrogen (secondary N) is 2. The van der Waals surface area contributed by atoms with Gasteiger partial charge in [-0.1, -0.05) is 42.5 Å². The zero-order chi connectivity index (χ0) is 19.9. The molecule has 0 saturated carbocycles. The predicted molar refractivity (Wildman–Crippen MR) is 112 cm³/mol. The number of methoxy groups -OCH3 is 1. The first kappa shape index (κ1) is 20.4. The van der Waals surface area contributed by atoms with Crippen molar-refractivity contribution in [3.8, 4) is 5.75 Å². The monoisotopic (exact) mass is 381 g/mol. The second-order valence-electron chi connectivity index (χ2n) is 7.44. The zero-order valence-corrected chi connectivity index (χ0v) is 17.1. The molecule has 0 spiro atoms. The molecule has 5 nitrogen and oxygen atoms in total. The summed E-state index contributed by atoms with van der Waals surface area (Å²) in [5.41, 5.74) is 3.61. The summed E-state index contributed by atoms with van der Waals surface area (Å²) >= 11 is 0. The summed E-state index contributed by atoms with van der Waals surface area (Å²) < 4.78 is 5.34. The van der Waals surface area contributed by atoms with Gasteiger partial charge >= 0.3 is 0 Å². The van der Waals surface area contributed by atoms with E-state index in [2.05, 4.69) is 46.7 Å². The van der Waals surface area contributed by atoms with Crippen LogP contribution in [-0.4, -0.2) is 43.1 Å². The Morgan fingerprint density at radius 1 is 1.18 bits per heavy atom. The Balaban J connectivity index is 1.63. The van der Waals surface area contributed by atoms with Crippen molar-refractivity contribution in [3.05, 3.63) is 65.2 Å². The Bertz CT molecular complexity index is 779. The molecule has 3 rings (SSSR count). The second kappa shape index (κ2) is 9.71. The molecule has 1 amide bonds. The lowest BCUT2D eigenvalue weighted by atomic mass is 10.1. The van der Waals surface area contributed by atoms with Gasteiger partial charge in [0.2, 0.25) is 5.91 Å². The normalized spacial score (nSPS) is 19.5. The number of nitrogens with zero attached hydrogens (tertiary/aromatic N) is 1. The van der Waals surface area contributed by atoms with Crippen molar-refractivity contribution in [1.82, 2.24) is 15.5 Å². The molecule has 28 heavy (non-hydrogen) atoms. The van der Waals surface area contributed by atoms with Crippen LogP contribution in [0.4, 0.5) is 0 Å². The van der Waals surface area contributed by atoms with Gasteiger partial charge in [0, 0.05) is 32.2 Å². The minimum Gasteiger partial charge on any atom is -0.496 e. The fraction of sp³-hybridized carbons (Fsp3) is 0.435. The summed E-state index contributed by atoms with van der Waals surface area (Å²) in [5.74, 6) is 1.04. The Hall–Kier alpha value is -2.37. The molecule has 1 heterocycles. The second-order valence-corrected chi connectivity index (χ2v) is 7.44. The molecule has 2 atom stereocenters. The molecule has 2 aromatic carbocycles. The van der Waals surface area contributed by atoms with Crippen molar-refractivity contribution >= 4 is 5.91 Å². The van der Waals surface area contributed by atoms with Crippen LogP contribution in [0, 0.1) is 6.92 Å². The third-order valence-electron chi connectivity index (χ3n) is 5.34. The number of aryl methyl sites for hydroxylation is 1. The number of rotatable bonds is 8. The van der Waals surface area contributed by atoms with Crippen LogP contribution in [0.1, 0.15) is 30.0 Å². The maximum absolute atomic E-state index is 12.6. The number of carbonyl (C=O) groups is 1. The molecule has 0 radical (unpaired) electrons. The van der Waals surface area contributed by atoms with Gasteiger partial charge in [0.25, 0.3) is 0 Å². The highest BCUT2D eigenvalue weighted by Crippen LogP contribution is 2.22. The van der Waals surface area contributed by atoms with Crippen LogP contribution >= 0.6 is 0 Å². The Labute approximate surface area is 168 Å². The van der Waals surface area contributed by atoms with Crippen LogP contribution in [-0.2, 0) is 17.9 Å². The van der Waals surface area contributed by atoms with Crippen molar-refractivity contribution in [2.24, 2.45) is 0 Å². The summed E-state index contributed by atoms with van der Waals surface area (Å²) in [4.78, 5) is 14.9. The van der Waals surface area contributed by atoms with Gasteiger partial charge in [-0.2, -0.15) is 0 Å². The van der Waals surface area contributed by atoms with Gasteiger partial charge in [-0.15, -0.1) is 0 Å². The van der Waals surface area contributed by atoms with E-state index in [-0.39, 0.29) is 11.9 Å². The maximum Gasteiger partial charge on any atom is 0.237 e. The molecule has 1 aliphatic rings. The first-order valence-corrected chi connectivity index (χ1v) is 10.0. The van der Waals surface area contributed by atoms with Crippen molar-refractivity contribution in [2.45, 2.75) is 45.4 Å². The average Bonchev–Trinajstić information content (AvgIpc) is 3.10. The van der Waals surface area contributed by atoms with E-state index in [9.17, 15) is 4.79 Å². The number of amides is 1. The standard InChI is InChI=1S/C23H31N3O2/c1-4-24-23(27)21-13-20(16-26(21)15-18-8-6-5-7-9-18)25-14-19-10-11-22(28-3)17(2)12-19/h5-12,20-21,25H,4,13-16H2,1-3H3,(H,24,27)/t20-,21-/m0/s1. The summed E-state index contributed by atoms with van der Waals surface area (Å²) in [5, 5.41) is 6.64. The fourth-order valence-corrected chi connectivity index (χ4v) is 3.92.